The minimum absolute atomic E-state index is 0.808. The number of ether oxygens (including phenoxy) is 2. The molecule has 0 aromatic carbocycles. The Bertz CT molecular complexity index is 246. The molecule has 0 saturated carbocycles. The summed E-state index contributed by atoms with van der Waals surface area (Å²) in [6.45, 7) is 0. The molecule has 2 heterocycles. The van der Waals surface area contributed by atoms with Gasteiger partial charge in [0.25, 0.3) is 0 Å². The van der Waals surface area contributed by atoms with Crippen molar-refractivity contribution in [1.82, 2.24) is 0 Å². The van der Waals surface area contributed by atoms with Gasteiger partial charge in [0.15, 0.2) is 12.2 Å². The predicted octanol–water partition coefficient (Wildman–Crippen LogP) is -2.44. The maximum Gasteiger partial charge on any atom is 0.350 e. The summed E-state index contributed by atoms with van der Waals surface area (Å²) in [6, 6.07) is 0. The molecule has 2 saturated heterocycles. The molecule has 2 aliphatic heterocycles. The molecule has 66 valence electrons. The van der Waals surface area contributed by atoms with Crippen molar-refractivity contribution in [1.29, 1.82) is 0 Å². The largest absolute Gasteiger partial charge is 0.453 e. The first kappa shape index (κ1) is 7.51. The van der Waals surface area contributed by atoms with E-state index < -0.39 is 36.4 Å². The van der Waals surface area contributed by atoms with Gasteiger partial charge in [0.05, 0.1) is 0 Å². The van der Waals surface area contributed by atoms with Crippen LogP contribution < -0.4 is 0 Å². The molecule has 0 aromatic rings. The standard InChI is InChI=1S/C6H6O6/c7-1-3-2(8)5(9)12-4(1)6(10)11-3/h1-4,7-8H. The molecular weight excluding hydrogens is 168 g/mol. The highest BCUT2D eigenvalue weighted by molar-refractivity contribution is 5.87. The highest BCUT2D eigenvalue weighted by atomic mass is 16.7. The van der Waals surface area contributed by atoms with Gasteiger partial charge >= 0.3 is 11.9 Å². The fourth-order valence-electron chi connectivity index (χ4n) is 1.28. The highest BCUT2D eigenvalue weighted by Gasteiger charge is 2.56. The van der Waals surface area contributed by atoms with Crippen LogP contribution in [0.15, 0.2) is 0 Å². The van der Waals surface area contributed by atoms with Crippen LogP contribution in [-0.2, 0) is 19.1 Å². The maximum absolute atomic E-state index is 10.8. The second-order valence-corrected chi connectivity index (χ2v) is 2.69. The normalized spacial score (nSPS) is 45.5. The van der Waals surface area contributed by atoms with Crippen molar-refractivity contribution >= 4 is 11.9 Å². The molecule has 2 N–H and O–H groups in total. The van der Waals surface area contributed by atoms with E-state index in [2.05, 4.69) is 9.47 Å². The lowest BCUT2D eigenvalue weighted by atomic mass is 10.0. The first-order chi connectivity index (χ1) is 5.61. The quantitative estimate of drug-likeness (QED) is 0.396. The molecule has 6 heteroatoms. The molecule has 0 aromatic heterocycles. The van der Waals surface area contributed by atoms with Crippen LogP contribution in [0.4, 0.5) is 0 Å². The minimum Gasteiger partial charge on any atom is -0.453 e. The van der Waals surface area contributed by atoms with Crippen molar-refractivity contribution in [3.05, 3.63) is 0 Å². The van der Waals surface area contributed by atoms with Gasteiger partial charge in [-0.2, -0.15) is 0 Å². The van der Waals surface area contributed by atoms with Crippen molar-refractivity contribution in [2.75, 3.05) is 0 Å². The van der Waals surface area contributed by atoms with Gasteiger partial charge in [-0.3, -0.25) is 0 Å². The van der Waals surface area contributed by atoms with E-state index in [0.717, 1.165) is 0 Å². The summed E-state index contributed by atoms with van der Waals surface area (Å²) in [6.07, 6.45) is -5.23. The van der Waals surface area contributed by atoms with E-state index in [4.69, 9.17) is 5.11 Å². The van der Waals surface area contributed by atoms with E-state index in [1.54, 1.807) is 0 Å². The van der Waals surface area contributed by atoms with Crippen molar-refractivity contribution in [3.63, 3.8) is 0 Å². The molecule has 4 unspecified atom stereocenters. The average Bonchev–Trinajstić information content (AvgIpc) is 2.23. The van der Waals surface area contributed by atoms with E-state index >= 15 is 0 Å². The van der Waals surface area contributed by atoms with Crippen molar-refractivity contribution < 1.29 is 29.3 Å². The van der Waals surface area contributed by atoms with Crippen LogP contribution in [0.1, 0.15) is 0 Å². The number of hydrogen-bond donors (Lipinski definition) is 2. The SMILES string of the molecule is O=C1OC2C(=O)OC(C1O)C2O. The monoisotopic (exact) mass is 174 g/mol. The van der Waals surface area contributed by atoms with Gasteiger partial charge in [-0.1, -0.05) is 0 Å². The first-order valence-corrected chi connectivity index (χ1v) is 3.38. The predicted molar refractivity (Wildman–Crippen MR) is 31.8 cm³/mol. The van der Waals surface area contributed by atoms with Gasteiger partial charge in [0.2, 0.25) is 6.10 Å². The van der Waals surface area contributed by atoms with Crippen LogP contribution in [0.5, 0.6) is 0 Å². The lowest BCUT2D eigenvalue weighted by Crippen LogP contribution is -2.50. The van der Waals surface area contributed by atoms with E-state index in [1.807, 2.05) is 0 Å². The van der Waals surface area contributed by atoms with Gasteiger partial charge in [-0.05, 0) is 0 Å². The molecule has 2 rings (SSSR count). The Morgan fingerprint density at radius 2 is 1.75 bits per heavy atom. The third kappa shape index (κ3) is 0.759. The van der Waals surface area contributed by atoms with Crippen LogP contribution in [0.3, 0.4) is 0 Å². The lowest BCUT2D eigenvalue weighted by molar-refractivity contribution is -0.179. The number of carbonyl (C=O) groups is 2. The summed E-state index contributed by atoms with van der Waals surface area (Å²) in [4.78, 5) is 21.5. The Kier molecular flexibility index (Phi) is 1.36. The number of aliphatic hydroxyl groups excluding tert-OH is 2. The zero-order valence-electron chi connectivity index (χ0n) is 5.84. The van der Waals surface area contributed by atoms with E-state index in [-0.39, 0.29) is 0 Å². The van der Waals surface area contributed by atoms with Crippen molar-refractivity contribution in [2.45, 2.75) is 24.4 Å². The fraction of sp³-hybridized carbons (Fsp3) is 0.667. The molecule has 2 bridgehead atoms. The highest BCUT2D eigenvalue weighted by Crippen LogP contribution is 2.27. The van der Waals surface area contributed by atoms with Gasteiger partial charge in [0.1, 0.15) is 6.10 Å². The second kappa shape index (κ2) is 2.18. The summed E-state index contributed by atoms with van der Waals surface area (Å²) in [5, 5.41) is 18.2. The van der Waals surface area contributed by atoms with Gasteiger partial charge in [-0.15, -0.1) is 0 Å². The fourth-order valence-corrected chi connectivity index (χ4v) is 1.28. The van der Waals surface area contributed by atoms with Gasteiger partial charge in [-0.25, -0.2) is 9.59 Å². The molecule has 0 amide bonds. The maximum atomic E-state index is 10.8. The molecule has 0 spiro atoms. The molecule has 0 radical (unpaired) electrons. The molecule has 4 atom stereocenters. The Hall–Kier alpha value is -1.14. The summed E-state index contributed by atoms with van der Waals surface area (Å²) in [5.74, 6) is -1.74. The summed E-state index contributed by atoms with van der Waals surface area (Å²) >= 11 is 0. The van der Waals surface area contributed by atoms with Crippen LogP contribution >= 0.6 is 0 Å². The van der Waals surface area contributed by atoms with Crippen LogP contribution in [-0.4, -0.2) is 46.6 Å². The van der Waals surface area contributed by atoms with Crippen LogP contribution in [0.2, 0.25) is 0 Å². The van der Waals surface area contributed by atoms with Crippen LogP contribution in [0.25, 0.3) is 0 Å². The molecule has 12 heavy (non-hydrogen) atoms. The smallest absolute Gasteiger partial charge is 0.350 e. The Morgan fingerprint density at radius 3 is 2.42 bits per heavy atom. The molecule has 2 aliphatic rings. The summed E-state index contributed by atoms with van der Waals surface area (Å²) < 4.78 is 8.90. The third-order valence-electron chi connectivity index (χ3n) is 1.93. The average molecular weight is 174 g/mol. The topological polar surface area (TPSA) is 93.1 Å². The molecule has 0 aliphatic carbocycles. The molecule has 6 nitrogen and oxygen atoms in total. The second-order valence-electron chi connectivity index (χ2n) is 2.69. The lowest BCUT2D eigenvalue weighted by Gasteiger charge is -2.24. The number of esters is 2. The molecule has 2 fully saturated rings. The zero-order valence-corrected chi connectivity index (χ0v) is 5.84. The number of aliphatic hydroxyl groups is 2. The Balaban J connectivity index is 2.31. The molecular formula is C6H6O6. The number of rotatable bonds is 0. The number of carbonyl (C=O) groups excluding carboxylic acids is 2. The van der Waals surface area contributed by atoms with Crippen LogP contribution in [0, 0.1) is 0 Å². The minimum atomic E-state index is -1.57. The van der Waals surface area contributed by atoms with Gasteiger partial charge < -0.3 is 19.7 Å². The van der Waals surface area contributed by atoms with Crippen molar-refractivity contribution in [3.8, 4) is 0 Å². The first-order valence-electron chi connectivity index (χ1n) is 3.38. The van der Waals surface area contributed by atoms with Gasteiger partial charge in [0, 0.05) is 0 Å². The van der Waals surface area contributed by atoms with E-state index in [1.165, 1.54) is 0 Å². The van der Waals surface area contributed by atoms with E-state index in [9.17, 15) is 14.7 Å². The number of fused-ring (bicyclic) bond motifs is 2. The number of hydrogen-bond acceptors (Lipinski definition) is 6. The summed E-state index contributed by atoms with van der Waals surface area (Å²) in [5.41, 5.74) is 0. The zero-order chi connectivity index (χ0) is 8.88. The third-order valence-corrected chi connectivity index (χ3v) is 1.93. The summed E-state index contributed by atoms with van der Waals surface area (Å²) in [7, 11) is 0. The van der Waals surface area contributed by atoms with Crippen molar-refractivity contribution in [2.24, 2.45) is 0 Å². The Labute approximate surface area is 66.7 Å². The Morgan fingerprint density at radius 1 is 1.08 bits per heavy atom. The van der Waals surface area contributed by atoms with E-state index in [0.29, 0.717) is 0 Å².